The van der Waals surface area contributed by atoms with Crippen molar-refractivity contribution in [3.8, 4) is 0 Å². The second-order valence-electron chi connectivity index (χ2n) is 1.88. The zero-order valence-electron chi connectivity index (χ0n) is 10.0. The summed E-state index contributed by atoms with van der Waals surface area (Å²) >= 11 is 0. The molecule has 0 aromatic rings. The first-order chi connectivity index (χ1) is 8.85. The third-order valence-corrected chi connectivity index (χ3v) is 0.824. The van der Waals surface area contributed by atoms with Gasteiger partial charge in [0, 0.05) is 0 Å². The zero-order valence-corrected chi connectivity index (χ0v) is 12.6. The van der Waals surface area contributed by atoms with Crippen molar-refractivity contribution < 1.29 is 65.8 Å². The fourth-order valence-corrected chi connectivity index (χ4v) is 0. The molecule has 0 unspecified atom stereocenters. The maximum Gasteiger partial charge on any atom is 0.485 e. The molecule has 0 aliphatic carbocycles. The molecule has 0 aliphatic rings. The molecule has 0 radical (unpaired) electrons. The number of nitrogens with two attached hydrogens (primary N) is 2. The Hall–Kier alpha value is -0.830. The van der Waals surface area contributed by atoms with Gasteiger partial charge in [-0.1, -0.05) is 0 Å². The van der Waals surface area contributed by atoms with E-state index in [1.807, 2.05) is 0 Å². The van der Waals surface area contributed by atoms with Crippen LogP contribution in [0.5, 0.6) is 0 Å². The summed E-state index contributed by atoms with van der Waals surface area (Å²) in [4.78, 5) is 38.7. The first-order valence-corrected chi connectivity index (χ1v) is 7.72. The van der Waals surface area contributed by atoms with Crippen LogP contribution in [0.4, 0.5) is 0 Å². The molecule has 0 bridgehead atoms. The second kappa shape index (κ2) is 15.1. The van der Waals surface area contributed by atoms with Gasteiger partial charge in [-0.25, -0.2) is 30.2 Å². The topological polar surface area (TPSA) is 359 Å². The predicted molar refractivity (Wildman–Crippen MR) is 62.6 cm³/mol. The minimum Gasteiger partial charge on any atom is -0.344 e. The van der Waals surface area contributed by atoms with Crippen LogP contribution in [0.25, 0.3) is 0 Å². The van der Waals surface area contributed by atoms with Crippen LogP contribution in [-0.4, -0.2) is 47.4 Å². The van der Waals surface area contributed by atoms with Gasteiger partial charge in [-0.15, -0.1) is 10.1 Å². The molecule has 0 atom stereocenters. The van der Waals surface area contributed by atoms with Crippen LogP contribution in [0.3, 0.4) is 0 Å². The molecule has 0 aromatic carbocycles. The minimum absolute atomic E-state index is 0. The van der Waals surface area contributed by atoms with Crippen molar-refractivity contribution >= 4 is 26.0 Å². The van der Waals surface area contributed by atoms with Crippen LogP contribution in [0.15, 0.2) is 0 Å². The summed E-state index contributed by atoms with van der Waals surface area (Å²) in [5.74, 6) is 8.08. The Balaban J connectivity index is -0.0000000582. The molecule has 0 spiro atoms. The highest BCUT2D eigenvalue weighted by atomic mass is 32.3. The maximum absolute atomic E-state index is 9.35. The fourth-order valence-electron chi connectivity index (χ4n) is 0. The van der Waals surface area contributed by atoms with E-state index in [1.165, 1.54) is 0 Å². The van der Waals surface area contributed by atoms with Crippen LogP contribution in [0.1, 0.15) is 0 Å². The van der Waals surface area contributed by atoms with Crippen LogP contribution in [-0.2, 0) is 28.8 Å². The minimum atomic E-state index is -4.67. The molecular weight excluding hydrogens is 390 g/mol. The standard InChI is InChI=1S/2H4NO4P.HNO3.H3N.H2O4S/c2*1-5-6(2,3)4;2-1(3)4;;1-5(2,3)4/h2*1H2,(H2,2,3,4);(H,2,3,4);1H3;(H2,1,2,3,4). The van der Waals surface area contributed by atoms with Gasteiger partial charge in [-0.2, -0.15) is 8.42 Å². The van der Waals surface area contributed by atoms with Gasteiger partial charge in [-0.3, -0.25) is 9.11 Å². The molecule has 22 heteroatoms. The Labute approximate surface area is 121 Å². The molecule has 0 rings (SSSR count). The van der Waals surface area contributed by atoms with Crippen LogP contribution < -0.4 is 17.9 Å². The van der Waals surface area contributed by atoms with Crippen molar-refractivity contribution in [1.29, 1.82) is 0 Å². The lowest BCUT2D eigenvalue weighted by molar-refractivity contribution is -0.742. The molecule has 19 nitrogen and oxygen atoms in total. The van der Waals surface area contributed by atoms with Crippen LogP contribution in [0.2, 0.25) is 0 Å². The van der Waals surface area contributed by atoms with E-state index < -0.39 is 31.1 Å². The van der Waals surface area contributed by atoms with Crippen LogP contribution >= 0.6 is 15.6 Å². The Kier molecular flexibility index (Phi) is 22.6. The molecule has 0 saturated heterocycles. The highest BCUT2D eigenvalue weighted by Gasteiger charge is 2.09. The van der Waals surface area contributed by atoms with Gasteiger partial charge in [0.1, 0.15) is 0 Å². The molecule has 0 amide bonds. The molecule has 0 fully saturated rings. The SMILES string of the molecule is N.NOP(=O)(O)O.NOP(=O)(O)O.O=S(=O)(O)O.O=[N+]([O-])O. The van der Waals surface area contributed by atoms with Gasteiger partial charge in [0.05, 0.1) is 0 Å². The lowest BCUT2D eigenvalue weighted by atomic mass is 13.1. The van der Waals surface area contributed by atoms with Crippen molar-refractivity contribution in [2.24, 2.45) is 11.8 Å². The molecule has 0 aromatic heterocycles. The molecule has 0 saturated carbocycles. The van der Waals surface area contributed by atoms with Crippen molar-refractivity contribution in [3.05, 3.63) is 10.1 Å². The predicted octanol–water partition coefficient (Wildman–Crippen LogP) is -2.90. The van der Waals surface area contributed by atoms with E-state index in [9.17, 15) is 9.13 Å². The smallest absolute Gasteiger partial charge is 0.344 e. The number of rotatable bonds is 2. The Morgan fingerprint density at radius 2 is 1.00 bits per heavy atom. The van der Waals surface area contributed by atoms with Crippen molar-refractivity contribution in [2.45, 2.75) is 0 Å². The first kappa shape index (κ1) is 32.9. The van der Waals surface area contributed by atoms with Crippen molar-refractivity contribution in [2.75, 3.05) is 0 Å². The lowest BCUT2D eigenvalue weighted by Gasteiger charge is -1.92. The summed E-state index contributed by atoms with van der Waals surface area (Å²) in [5.41, 5.74) is 0. The van der Waals surface area contributed by atoms with Gasteiger partial charge < -0.3 is 30.9 Å². The number of hydrogen-bond acceptors (Lipinski definition) is 11. The van der Waals surface area contributed by atoms with Gasteiger partial charge in [0.25, 0.3) is 5.09 Å². The summed E-state index contributed by atoms with van der Waals surface area (Å²) in [6, 6.07) is 0. The number of hydrogen-bond donors (Lipinski definition) is 10. The van der Waals surface area contributed by atoms with Crippen molar-refractivity contribution in [1.82, 2.24) is 6.15 Å². The first-order valence-electron chi connectivity index (χ1n) is 3.27. The monoisotopic (exact) mass is 404 g/mol. The van der Waals surface area contributed by atoms with E-state index >= 15 is 0 Å². The third-order valence-electron chi connectivity index (χ3n) is 0.275. The van der Waals surface area contributed by atoms with E-state index in [-0.39, 0.29) is 6.15 Å². The molecule has 0 aliphatic heterocycles. The highest BCUT2D eigenvalue weighted by molar-refractivity contribution is 7.79. The Bertz CT molecular complexity index is 408. The van der Waals surface area contributed by atoms with Gasteiger partial charge in [-0.05, 0) is 0 Å². The molecule has 22 heavy (non-hydrogen) atoms. The fraction of sp³-hybridized carbons (Fsp3) is 0. The van der Waals surface area contributed by atoms with Gasteiger partial charge in [0.2, 0.25) is 0 Å². The van der Waals surface area contributed by atoms with E-state index in [2.05, 4.69) is 21.0 Å². The molecule has 14 N–H and O–H groups in total. The Morgan fingerprint density at radius 3 is 1.00 bits per heavy atom. The van der Waals surface area contributed by atoms with E-state index in [4.69, 9.17) is 52.4 Å². The highest BCUT2D eigenvalue weighted by Crippen LogP contribution is 2.32. The summed E-state index contributed by atoms with van der Waals surface area (Å²) in [6.07, 6.45) is 0. The van der Waals surface area contributed by atoms with Crippen LogP contribution in [0, 0.1) is 10.1 Å². The quantitative estimate of drug-likeness (QED) is 0.0953. The van der Waals surface area contributed by atoms with Gasteiger partial charge in [0.15, 0.2) is 0 Å². The summed E-state index contributed by atoms with van der Waals surface area (Å²) in [5, 5.41) is 13.6. The zero-order chi connectivity index (χ0) is 18.5. The number of nitrogens with zero attached hydrogens (tertiary/aromatic N) is 1. The average Bonchev–Trinajstić information content (AvgIpc) is 2.13. The maximum atomic E-state index is 9.35. The number of phosphoric acid groups is 2. The average molecular weight is 404 g/mol. The largest absolute Gasteiger partial charge is 0.485 e. The third kappa shape index (κ3) is 237. The molecule has 140 valence electrons. The summed E-state index contributed by atoms with van der Waals surface area (Å²) < 4.78 is 56.5. The van der Waals surface area contributed by atoms with Gasteiger partial charge >= 0.3 is 26.0 Å². The lowest BCUT2D eigenvalue weighted by Crippen LogP contribution is -1.93. The van der Waals surface area contributed by atoms with E-state index in [1.54, 1.807) is 0 Å². The van der Waals surface area contributed by atoms with E-state index in [0.717, 1.165) is 0 Å². The summed E-state index contributed by atoms with van der Waals surface area (Å²) in [7, 11) is -13.4. The molecular formula is H14N4O15P2S. The normalized spacial score (nSPS) is 10.2. The summed E-state index contributed by atoms with van der Waals surface area (Å²) in [6.45, 7) is 0. The second-order valence-corrected chi connectivity index (χ2v) is 5.16. The van der Waals surface area contributed by atoms with Crippen molar-refractivity contribution in [3.63, 3.8) is 0 Å². The Morgan fingerprint density at radius 1 is 0.955 bits per heavy atom. The molecule has 0 heterocycles. The van der Waals surface area contributed by atoms with E-state index in [0.29, 0.717) is 0 Å².